The minimum absolute atomic E-state index is 0.101. The molecule has 0 spiro atoms. The molecule has 0 aliphatic rings. The first kappa shape index (κ1) is 19.7. The summed E-state index contributed by atoms with van der Waals surface area (Å²) in [5, 5.41) is 2.69. The van der Waals surface area contributed by atoms with Crippen LogP contribution in [-0.4, -0.2) is 30.4 Å². The van der Waals surface area contributed by atoms with E-state index in [9.17, 15) is 14.4 Å². The Kier molecular flexibility index (Phi) is 6.91. The summed E-state index contributed by atoms with van der Waals surface area (Å²) in [5.74, 6) is -0.162. The van der Waals surface area contributed by atoms with E-state index < -0.39 is 5.97 Å². The molecule has 1 N–H and O–H groups in total. The van der Waals surface area contributed by atoms with Crippen molar-refractivity contribution in [3.05, 3.63) is 51.7 Å². The van der Waals surface area contributed by atoms with Crippen LogP contribution in [0.3, 0.4) is 0 Å². The van der Waals surface area contributed by atoms with Crippen molar-refractivity contribution in [2.45, 2.75) is 33.4 Å². The molecule has 0 atom stereocenters. The van der Waals surface area contributed by atoms with Crippen molar-refractivity contribution in [1.29, 1.82) is 0 Å². The Morgan fingerprint density at radius 1 is 1.08 bits per heavy atom. The van der Waals surface area contributed by atoms with Crippen LogP contribution in [0.4, 0.5) is 0 Å². The van der Waals surface area contributed by atoms with Gasteiger partial charge in [0.05, 0.1) is 23.1 Å². The zero-order valence-corrected chi connectivity index (χ0v) is 15.7. The second kappa shape index (κ2) is 9.15. The molecule has 0 aliphatic carbocycles. The highest BCUT2D eigenvalue weighted by Gasteiger charge is 2.12. The number of Topliss-reactive ketones (excluding diaryl/α,β-unsaturated/α-hetero) is 1. The van der Waals surface area contributed by atoms with E-state index in [1.54, 1.807) is 44.2 Å². The fourth-order valence-corrected chi connectivity index (χ4v) is 2.90. The molecule has 1 amide bonds. The van der Waals surface area contributed by atoms with Gasteiger partial charge in [-0.15, -0.1) is 11.3 Å². The number of ketones is 1. The Bertz CT molecular complexity index is 779. The number of amides is 1. The van der Waals surface area contributed by atoms with Crippen LogP contribution in [-0.2, 0) is 16.1 Å². The lowest BCUT2D eigenvalue weighted by Crippen LogP contribution is -2.18. The lowest BCUT2D eigenvalue weighted by molar-refractivity contribution is -0.119. The molecular weight excluding hydrogens is 354 g/mol. The summed E-state index contributed by atoms with van der Waals surface area (Å²) in [6, 6.07) is 9.98. The molecule has 138 valence electrons. The maximum Gasteiger partial charge on any atom is 0.338 e. The first-order valence-electron chi connectivity index (χ1n) is 8.15. The van der Waals surface area contributed by atoms with Crippen molar-refractivity contribution in [3.63, 3.8) is 0 Å². The molecule has 0 saturated carbocycles. The van der Waals surface area contributed by atoms with Crippen LogP contribution < -0.4 is 10.1 Å². The van der Waals surface area contributed by atoms with Gasteiger partial charge in [0.25, 0.3) is 0 Å². The molecule has 1 aromatic heterocycles. The van der Waals surface area contributed by atoms with Gasteiger partial charge in [-0.2, -0.15) is 0 Å². The number of thiophene rings is 1. The third-order valence-electron chi connectivity index (χ3n) is 3.25. The number of nitrogens with one attached hydrogen (secondary N) is 1. The van der Waals surface area contributed by atoms with E-state index in [1.165, 1.54) is 18.3 Å². The van der Waals surface area contributed by atoms with Crippen LogP contribution in [0.25, 0.3) is 0 Å². The van der Waals surface area contributed by atoms with Crippen molar-refractivity contribution in [2.75, 3.05) is 6.61 Å². The molecule has 1 aromatic carbocycles. The van der Waals surface area contributed by atoms with Gasteiger partial charge in [0.15, 0.2) is 6.61 Å². The van der Waals surface area contributed by atoms with Crippen molar-refractivity contribution >= 4 is 29.0 Å². The topological polar surface area (TPSA) is 81.7 Å². The normalized spacial score (nSPS) is 10.5. The number of hydrogen-bond donors (Lipinski definition) is 1. The third-order valence-corrected chi connectivity index (χ3v) is 4.38. The smallest absolute Gasteiger partial charge is 0.338 e. The number of carbonyl (C=O) groups is 3. The number of rotatable bonds is 8. The van der Waals surface area contributed by atoms with Crippen LogP contribution >= 0.6 is 11.3 Å². The second-order valence-electron chi connectivity index (χ2n) is 5.87. The van der Waals surface area contributed by atoms with Gasteiger partial charge in [-0.25, -0.2) is 4.79 Å². The third kappa shape index (κ3) is 6.00. The van der Waals surface area contributed by atoms with E-state index in [4.69, 9.17) is 9.47 Å². The van der Waals surface area contributed by atoms with E-state index in [0.717, 1.165) is 4.88 Å². The van der Waals surface area contributed by atoms with Crippen LogP contribution in [0, 0.1) is 0 Å². The van der Waals surface area contributed by atoms with Crippen molar-refractivity contribution in [3.8, 4) is 5.75 Å². The molecule has 0 unspecified atom stereocenters. The fraction of sp³-hybridized carbons (Fsp3) is 0.316. The first-order chi connectivity index (χ1) is 12.3. The molecule has 0 saturated heterocycles. The molecule has 0 bridgehead atoms. The molecular formula is C19H21NO5S. The summed E-state index contributed by atoms with van der Waals surface area (Å²) >= 11 is 1.32. The Morgan fingerprint density at radius 2 is 1.77 bits per heavy atom. The van der Waals surface area contributed by atoms with Gasteiger partial charge < -0.3 is 14.8 Å². The number of carbonyl (C=O) groups excluding carboxylic acids is 3. The quantitative estimate of drug-likeness (QED) is 0.566. The lowest BCUT2D eigenvalue weighted by atomic mass is 10.2. The van der Waals surface area contributed by atoms with Crippen molar-refractivity contribution in [2.24, 2.45) is 0 Å². The standard InChI is InChI=1S/C19H21NO5S/c1-12(2)25-19(23)14-4-6-15(7-5-14)24-11-17(22)18-9-8-16(26-18)10-20-13(3)21/h4-9,12H,10-11H2,1-3H3,(H,20,21). The maximum absolute atomic E-state index is 12.2. The average Bonchev–Trinajstić information content (AvgIpc) is 3.07. The van der Waals surface area contributed by atoms with Crippen molar-refractivity contribution in [1.82, 2.24) is 5.32 Å². The maximum atomic E-state index is 12.2. The molecule has 7 heteroatoms. The fourth-order valence-electron chi connectivity index (χ4n) is 2.02. The van der Waals surface area contributed by atoms with Gasteiger partial charge in [0.1, 0.15) is 5.75 Å². The van der Waals surface area contributed by atoms with Gasteiger partial charge in [-0.1, -0.05) is 0 Å². The predicted octanol–water partition coefficient (Wildman–Crippen LogP) is 3.21. The van der Waals surface area contributed by atoms with Gasteiger partial charge >= 0.3 is 5.97 Å². The summed E-state index contributed by atoms with van der Waals surface area (Å²) < 4.78 is 10.6. The molecule has 6 nitrogen and oxygen atoms in total. The van der Waals surface area contributed by atoms with Crippen LogP contribution in [0.15, 0.2) is 36.4 Å². The highest BCUT2D eigenvalue weighted by atomic mass is 32.1. The van der Waals surface area contributed by atoms with Crippen molar-refractivity contribution < 1.29 is 23.9 Å². The molecule has 2 aromatic rings. The zero-order valence-electron chi connectivity index (χ0n) is 14.9. The molecule has 0 aliphatic heterocycles. The molecule has 0 fully saturated rings. The van der Waals surface area contributed by atoms with E-state index in [-0.39, 0.29) is 24.4 Å². The van der Waals surface area contributed by atoms with E-state index in [2.05, 4.69) is 5.32 Å². The molecule has 2 rings (SSSR count). The Hall–Kier alpha value is -2.67. The van der Waals surface area contributed by atoms with Crippen LogP contribution in [0.2, 0.25) is 0 Å². The highest BCUT2D eigenvalue weighted by Crippen LogP contribution is 2.18. The zero-order chi connectivity index (χ0) is 19.1. The summed E-state index contributed by atoms with van der Waals surface area (Å²) in [4.78, 5) is 36.3. The number of hydrogen-bond acceptors (Lipinski definition) is 6. The summed E-state index contributed by atoms with van der Waals surface area (Å²) in [6.45, 7) is 5.32. The number of ether oxygens (including phenoxy) is 2. The lowest BCUT2D eigenvalue weighted by Gasteiger charge is -2.09. The largest absolute Gasteiger partial charge is 0.485 e. The summed E-state index contributed by atoms with van der Waals surface area (Å²) in [6.07, 6.45) is -0.183. The monoisotopic (exact) mass is 375 g/mol. The SMILES string of the molecule is CC(=O)NCc1ccc(C(=O)COc2ccc(C(=O)OC(C)C)cc2)s1. The highest BCUT2D eigenvalue weighted by molar-refractivity contribution is 7.14. The Morgan fingerprint density at radius 3 is 2.38 bits per heavy atom. The Balaban J connectivity index is 1.87. The second-order valence-corrected chi connectivity index (χ2v) is 7.03. The van der Waals surface area contributed by atoms with Gasteiger partial charge in [-0.05, 0) is 50.2 Å². The predicted molar refractivity (Wildman–Crippen MR) is 98.7 cm³/mol. The van der Waals surface area contributed by atoms with Gasteiger partial charge in [0.2, 0.25) is 11.7 Å². The molecule has 0 radical (unpaired) electrons. The van der Waals surface area contributed by atoms with E-state index in [1.807, 2.05) is 6.07 Å². The van der Waals surface area contributed by atoms with Gasteiger partial charge in [-0.3, -0.25) is 9.59 Å². The summed E-state index contributed by atoms with van der Waals surface area (Å²) in [5.41, 5.74) is 0.429. The minimum Gasteiger partial charge on any atom is -0.485 e. The Labute approximate surface area is 156 Å². The number of esters is 1. The summed E-state index contributed by atoms with van der Waals surface area (Å²) in [7, 11) is 0. The van der Waals surface area contributed by atoms with E-state index in [0.29, 0.717) is 22.7 Å². The van der Waals surface area contributed by atoms with Gasteiger partial charge in [0, 0.05) is 11.8 Å². The molecule has 1 heterocycles. The van der Waals surface area contributed by atoms with E-state index >= 15 is 0 Å². The molecule has 26 heavy (non-hydrogen) atoms. The number of benzene rings is 1. The van der Waals surface area contributed by atoms with Crippen LogP contribution in [0.1, 0.15) is 45.7 Å². The minimum atomic E-state index is -0.395. The average molecular weight is 375 g/mol. The van der Waals surface area contributed by atoms with Crippen LogP contribution in [0.5, 0.6) is 5.75 Å². The first-order valence-corrected chi connectivity index (χ1v) is 8.97.